The van der Waals surface area contributed by atoms with E-state index in [0.717, 1.165) is 32.1 Å². The summed E-state index contributed by atoms with van der Waals surface area (Å²) in [4.78, 5) is 14.6. The summed E-state index contributed by atoms with van der Waals surface area (Å²) in [5.74, 6) is 2.22. The van der Waals surface area contributed by atoms with Crippen LogP contribution in [0, 0.1) is 18.8 Å². The maximum Gasteiger partial charge on any atom is 0.322 e. The van der Waals surface area contributed by atoms with E-state index in [1.54, 1.807) is 4.68 Å². The summed E-state index contributed by atoms with van der Waals surface area (Å²) in [6, 6.07) is -0.251. The lowest BCUT2D eigenvalue weighted by molar-refractivity contribution is -0.0797. The number of aryl methyl sites for hydroxylation is 2. The predicted octanol–water partition coefficient (Wildman–Crippen LogP) is 0.858. The highest BCUT2D eigenvalue weighted by Crippen LogP contribution is 2.60. The van der Waals surface area contributed by atoms with Crippen LogP contribution in [0.2, 0.25) is 0 Å². The number of amides is 2. The van der Waals surface area contributed by atoms with Gasteiger partial charge in [-0.05, 0) is 79.8 Å². The molecule has 144 valence electrons. The van der Waals surface area contributed by atoms with Crippen LogP contribution in [0.4, 0.5) is 10.7 Å². The zero-order chi connectivity index (χ0) is 18.6. The van der Waals surface area contributed by atoms with Gasteiger partial charge in [0.1, 0.15) is 0 Å². The SMILES string of the molecule is CCn1nnnc1NC(=O)NC12CC3CC(C1)CC(n1nnc(C)n1)(C3)C2. The van der Waals surface area contributed by atoms with E-state index in [4.69, 9.17) is 0 Å². The van der Waals surface area contributed by atoms with Crippen molar-refractivity contribution in [3.8, 4) is 0 Å². The molecule has 0 aliphatic heterocycles. The van der Waals surface area contributed by atoms with Crippen LogP contribution in [0.5, 0.6) is 0 Å². The van der Waals surface area contributed by atoms with Crippen LogP contribution in [-0.2, 0) is 12.1 Å². The zero-order valence-corrected chi connectivity index (χ0v) is 15.6. The molecule has 2 aromatic heterocycles. The highest BCUT2D eigenvalue weighted by molar-refractivity contribution is 5.88. The minimum atomic E-state index is -0.251. The van der Waals surface area contributed by atoms with Crippen molar-refractivity contribution in [3.05, 3.63) is 5.82 Å². The fourth-order valence-corrected chi connectivity index (χ4v) is 5.96. The number of tetrazole rings is 2. The highest BCUT2D eigenvalue weighted by atomic mass is 16.2. The summed E-state index contributed by atoms with van der Waals surface area (Å²) in [5, 5.41) is 30.4. The van der Waals surface area contributed by atoms with Gasteiger partial charge in [0, 0.05) is 12.1 Å². The Morgan fingerprint density at radius 2 is 1.96 bits per heavy atom. The third-order valence-corrected chi connectivity index (χ3v) is 6.40. The number of hydrogen-bond acceptors (Lipinski definition) is 7. The van der Waals surface area contributed by atoms with Crippen molar-refractivity contribution in [2.24, 2.45) is 11.8 Å². The number of aromatic nitrogens is 8. The van der Waals surface area contributed by atoms with Crippen LogP contribution in [0.1, 0.15) is 51.3 Å². The Bertz CT molecular complexity index is 858. The molecule has 2 heterocycles. The van der Waals surface area contributed by atoms with E-state index in [-0.39, 0.29) is 17.1 Å². The molecular weight excluding hydrogens is 348 g/mol. The molecular formula is C16H24N10O. The number of urea groups is 1. The first-order chi connectivity index (χ1) is 13.0. The minimum Gasteiger partial charge on any atom is -0.332 e. The summed E-state index contributed by atoms with van der Waals surface area (Å²) in [7, 11) is 0. The summed E-state index contributed by atoms with van der Waals surface area (Å²) in [6.45, 7) is 4.39. The van der Waals surface area contributed by atoms with Gasteiger partial charge in [0.2, 0.25) is 0 Å². The average Bonchev–Trinajstić information content (AvgIpc) is 3.22. The largest absolute Gasteiger partial charge is 0.332 e. The van der Waals surface area contributed by atoms with E-state index in [0.29, 0.717) is 30.2 Å². The monoisotopic (exact) mass is 372 g/mol. The molecule has 4 saturated carbocycles. The number of anilines is 1. The van der Waals surface area contributed by atoms with Crippen molar-refractivity contribution in [3.63, 3.8) is 0 Å². The van der Waals surface area contributed by atoms with Gasteiger partial charge in [-0.2, -0.15) is 4.80 Å². The van der Waals surface area contributed by atoms with Crippen LogP contribution in [-0.4, -0.2) is 52.0 Å². The van der Waals surface area contributed by atoms with Crippen LogP contribution in [0.25, 0.3) is 0 Å². The molecule has 4 aliphatic rings. The summed E-state index contributed by atoms with van der Waals surface area (Å²) < 4.78 is 1.56. The molecule has 2 amide bonds. The summed E-state index contributed by atoms with van der Waals surface area (Å²) >= 11 is 0. The second-order valence-corrected chi connectivity index (χ2v) is 8.49. The molecule has 0 saturated heterocycles. The quantitative estimate of drug-likeness (QED) is 0.814. The molecule has 11 nitrogen and oxygen atoms in total. The molecule has 2 aromatic rings. The normalized spacial score (nSPS) is 34.0. The second-order valence-electron chi connectivity index (χ2n) is 8.49. The van der Waals surface area contributed by atoms with Crippen LogP contribution in [0.3, 0.4) is 0 Å². The van der Waals surface area contributed by atoms with Gasteiger partial charge in [-0.1, -0.05) is 5.10 Å². The van der Waals surface area contributed by atoms with Gasteiger partial charge in [-0.15, -0.1) is 10.2 Å². The van der Waals surface area contributed by atoms with Crippen molar-refractivity contribution in [2.75, 3.05) is 5.32 Å². The first-order valence-corrected chi connectivity index (χ1v) is 9.62. The Morgan fingerprint density at radius 3 is 2.63 bits per heavy atom. The molecule has 0 spiro atoms. The Hall–Kier alpha value is -2.59. The molecule has 2 N–H and O–H groups in total. The highest BCUT2D eigenvalue weighted by Gasteiger charge is 2.60. The first kappa shape index (κ1) is 16.6. The molecule has 11 heteroatoms. The summed E-state index contributed by atoms with van der Waals surface area (Å²) in [6.07, 6.45) is 6.22. The van der Waals surface area contributed by atoms with E-state index in [1.807, 2.05) is 18.6 Å². The molecule has 4 fully saturated rings. The smallest absolute Gasteiger partial charge is 0.322 e. The van der Waals surface area contributed by atoms with E-state index < -0.39 is 0 Å². The number of carbonyl (C=O) groups is 1. The number of hydrogen-bond donors (Lipinski definition) is 2. The zero-order valence-electron chi connectivity index (χ0n) is 15.6. The molecule has 4 bridgehead atoms. The lowest BCUT2D eigenvalue weighted by Gasteiger charge is -2.61. The Kier molecular flexibility index (Phi) is 3.50. The molecule has 6 rings (SSSR count). The lowest BCUT2D eigenvalue weighted by atomic mass is 9.50. The standard InChI is InChI=1S/C16H24N10O/c1-3-25-13(20-22-24-25)17-14(27)18-15-5-11-4-12(6-15)8-16(7-11,9-15)26-21-10(2)19-23-26/h11-12H,3-9H2,1-2H3,(H2,17,18,20,24,27). The first-order valence-electron chi connectivity index (χ1n) is 9.62. The van der Waals surface area contributed by atoms with Crippen LogP contribution < -0.4 is 10.6 Å². The molecule has 27 heavy (non-hydrogen) atoms. The van der Waals surface area contributed by atoms with Crippen molar-refractivity contribution in [2.45, 2.75) is 70.0 Å². The van der Waals surface area contributed by atoms with Gasteiger partial charge in [-0.3, -0.25) is 5.32 Å². The number of nitrogens with one attached hydrogen (secondary N) is 2. The number of rotatable bonds is 4. The van der Waals surface area contributed by atoms with E-state index in [2.05, 4.69) is 41.6 Å². The fourth-order valence-electron chi connectivity index (χ4n) is 5.96. The number of nitrogens with zero attached hydrogens (tertiary/aromatic N) is 8. The van der Waals surface area contributed by atoms with E-state index in [9.17, 15) is 4.79 Å². The molecule has 0 radical (unpaired) electrons. The second kappa shape index (κ2) is 5.70. The number of carbonyl (C=O) groups excluding carboxylic acids is 1. The van der Waals surface area contributed by atoms with Gasteiger partial charge < -0.3 is 5.32 Å². The molecule has 4 aliphatic carbocycles. The van der Waals surface area contributed by atoms with Gasteiger partial charge >= 0.3 is 6.03 Å². The van der Waals surface area contributed by atoms with Crippen molar-refractivity contribution in [1.29, 1.82) is 0 Å². The molecule has 2 atom stereocenters. The maximum absolute atomic E-state index is 12.7. The third kappa shape index (κ3) is 2.67. The lowest BCUT2D eigenvalue weighted by Crippen LogP contribution is -2.66. The average molecular weight is 372 g/mol. The van der Waals surface area contributed by atoms with Crippen molar-refractivity contribution >= 4 is 12.0 Å². The maximum atomic E-state index is 12.7. The minimum absolute atomic E-state index is 0.135. The summed E-state index contributed by atoms with van der Waals surface area (Å²) in [5.41, 5.74) is -0.371. The van der Waals surface area contributed by atoms with Crippen molar-refractivity contribution in [1.82, 2.24) is 45.7 Å². The Balaban J connectivity index is 1.38. The Labute approximate surface area is 156 Å². The van der Waals surface area contributed by atoms with Crippen LogP contribution in [0.15, 0.2) is 0 Å². The van der Waals surface area contributed by atoms with Gasteiger partial charge in [0.05, 0.1) is 5.54 Å². The van der Waals surface area contributed by atoms with Crippen LogP contribution >= 0.6 is 0 Å². The molecule has 0 aromatic carbocycles. The third-order valence-electron chi connectivity index (χ3n) is 6.40. The van der Waals surface area contributed by atoms with E-state index >= 15 is 0 Å². The fraction of sp³-hybridized carbons (Fsp3) is 0.812. The molecule has 2 unspecified atom stereocenters. The van der Waals surface area contributed by atoms with Gasteiger partial charge in [-0.25, -0.2) is 9.48 Å². The van der Waals surface area contributed by atoms with Gasteiger partial charge in [0.25, 0.3) is 5.95 Å². The van der Waals surface area contributed by atoms with Crippen molar-refractivity contribution < 1.29 is 4.79 Å². The predicted molar refractivity (Wildman–Crippen MR) is 93.6 cm³/mol. The topological polar surface area (TPSA) is 128 Å². The van der Waals surface area contributed by atoms with Gasteiger partial charge in [0.15, 0.2) is 5.82 Å². The van der Waals surface area contributed by atoms with E-state index in [1.165, 1.54) is 6.42 Å². The Morgan fingerprint density at radius 1 is 1.19 bits per heavy atom.